The number of halogens is 2. The number of aromatic nitrogens is 1. The van der Waals surface area contributed by atoms with Crippen LogP contribution in [0.25, 0.3) is 11.1 Å². The van der Waals surface area contributed by atoms with Gasteiger partial charge in [-0.3, -0.25) is 4.90 Å². The molecule has 1 aliphatic carbocycles. The van der Waals surface area contributed by atoms with Gasteiger partial charge in [-0.05, 0) is 55.6 Å². The molecule has 0 bridgehead atoms. The van der Waals surface area contributed by atoms with Gasteiger partial charge in [-0.2, -0.15) is 0 Å². The second kappa shape index (κ2) is 10.2. The van der Waals surface area contributed by atoms with Gasteiger partial charge in [-0.1, -0.05) is 6.07 Å². The van der Waals surface area contributed by atoms with Crippen LogP contribution in [-0.2, 0) is 6.54 Å². The lowest BCUT2D eigenvalue weighted by molar-refractivity contribution is -0.0499. The molecule has 1 aromatic carbocycles. The summed E-state index contributed by atoms with van der Waals surface area (Å²) in [5.74, 6) is -1.10. The van der Waals surface area contributed by atoms with Crippen molar-refractivity contribution in [2.24, 2.45) is 5.92 Å². The molecule has 1 saturated carbocycles. The van der Waals surface area contributed by atoms with Crippen LogP contribution in [0.5, 0.6) is 11.6 Å². The molecule has 0 amide bonds. The maximum absolute atomic E-state index is 13.4. The summed E-state index contributed by atoms with van der Waals surface area (Å²) in [4.78, 5) is 6.27. The summed E-state index contributed by atoms with van der Waals surface area (Å²) in [5, 5.41) is 9.24. The van der Waals surface area contributed by atoms with E-state index in [0.29, 0.717) is 38.4 Å². The van der Waals surface area contributed by atoms with E-state index in [-0.39, 0.29) is 25.4 Å². The molecule has 5 nitrogen and oxygen atoms in total. The number of rotatable bonds is 9. The average molecular weight is 421 g/mol. The van der Waals surface area contributed by atoms with Crippen molar-refractivity contribution in [3.05, 3.63) is 42.1 Å². The summed E-state index contributed by atoms with van der Waals surface area (Å²) in [5.41, 5.74) is 2.81. The van der Waals surface area contributed by atoms with Crippen molar-refractivity contribution in [3.8, 4) is 22.8 Å². The lowest BCUT2D eigenvalue weighted by Crippen LogP contribution is -2.27. The lowest BCUT2D eigenvalue weighted by Gasteiger charge is -2.28. The van der Waals surface area contributed by atoms with Crippen molar-refractivity contribution in [3.63, 3.8) is 0 Å². The van der Waals surface area contributed by atoms with Crippen molar-refractivity contribution < 1.29 is 23.4 Å². The van der Waals surface area contributed by atoms with Crippen LogP contribution in [0.3, 0.4) is 0 Å². The number of alkyl halides is 2. The predicted molar refractivity (Wildman–Crippen MR) is 112 cm³/mol. The van der Waals surface area contributed by atoms with Crippen LogP contribution in [0.4, 0.5) is 8.78 Å². The van der Waals surface area contributed by atoms with Crippen LogP contribution in [0.2, 0.25) is 0 Å². The highest BCUT2D eigenvalue weighted by Gasteiger charge is 2.35. The monoisotopic (exact) mass is 420 g/mol. The van der Waals surface area contributed by atoms with Crippen molar-refractivity contribution in [2.75, 3.05) is 33.9 Å². The normalized spacial score (nSPS) is 16.6. The molecule has 164 valence electrons. The largest absolute Gasteiger partial charge is 0.493 e. The molecule has 30 heavy (non-hydrogen) atoms. The zero-order valence-corrected chi connectivity index (χ0v) is 17.6. The molecule has 1 heterocycles. The Bertz CT molecular complexity index is 822. The van der Waals surface area contributed by atoms with Crippen LogP contribution >= 0.6 is 0 Å². The molecule has 1 fully saturated rings. The Kier molecular flexibility index (Phi) is 7.61. The van der Waals surface area contributed by atoms with Crippen LogP contribution in [0, 0.1) is 5.92 Å². The van der Waals surface area contributed by atoms with E-state index in [2.05, 4.69) is 4.98 Å². The third kappa shape index (κ3) is 5.89. The average Bonchev–Trinajstić information content (AvgIpc) is 2.73. The second-order valence-corrected chi connectivity index (χ2v) is 7.95. The van der Waals surface area contributed by atoms with Gasteiger partial charge in [0.1, 0.15) is 5.75 Å². The minimum Gasteiger partial charge on any atom is -0.493 e. The van der Waals surface area contributed by atoms with E-state index in [1.807, 2.05) is 42.3 Å². The number of ether oxygens (including phenoxy) is 2. The SMILES string of the molecule is COc1ncccc1-c1ccc(OCC2CCC(F)(F)CC2)c(CN(C)CCO)c1. The first-order valence-corrected chi connectivity index (χ1v) is 10.3. The standard InChI is InChI=1S/C23H30F2N2O3/c1-27(12-13-28)15-19-14-18(20-4-3-11-26-22(20)29-2)5-6-21(19)30-16-17-7-9-23(24,25)10-8-17/h3-6,11,14,17,28H,7-10,12-13,15-16H2,1-2H3. The first-order chi connectivity index (χ1) is 14.4. The van der Waals surface area contributed by atoms with Gasteiger partial charge in [0, 0.05) is 43.3 Å². The van der Waals surface area contributed by atoms with Crippen LogP contribution in [0.15, 0.2) is 36.5 Å². The first-order valence-electron chi connectivity index (χ1n) is 10.3. The smallest absolute Gasteiger partial charge is 0.248 e. The summed E-state index contributed by atoms with van der Waals surface area (Å²) in [6.07, 6.45) is 2.53. The highest BCUT2D eigenvalue weighted by Crippen LogP contribution is 2.37. The summed E-state index contributed by atoms with van der Waals surface area (Å²) in [7, 11) is 3.52. The van der Waals surface area contributed by atoms with Gasteiger partial charge < -0.3 is 14.6 Å². The number of benzene rings is 1. The quantitative estimate of drug-likeness (QED) is 0.652. The molecule has 0 spiro atoms. The molecule has 0 atom stereocenters. The Morgan fingerprint density at radius 2 is 2.00 bits per heavy atom. The highest BCUT2D eigenvalue weighted by molar-refractivity contribution is 5.70. The minimum absolute atomic E-state index is 0.0626. The van der Waals surface area contributed by atoms with E-state index in [4.69, 9.17) is 9.47 Å². The molecule has 0 aliphatic heterocycles. The number of pyridine rings is 1. The molecule has 2 aromatic rings. The molecule has 1 aliphatic rings. The van der Waals surface area contributed by atoms with Gasteiger partial charge in [0.05, 0.1) is 20.3 Å². The van der Waals surface area contributed by atoms with Crippen molar-refractivity contribution >= 4 is 0 Å². The molecular formula is C23H30F2N2O3. The molecule has 0 radical (unpaired) electrons. The molecule has 0 saturated heterocycles. The van der Waals surface area contributed by atoms with E-state index < -0.39 is 5.92 Å². The topological polar surface area (TPSA) is 54.8 Å². The lowest BCUT2D eigenvalue weighted by atomic mass is 9.87. The molecule has 1 aromatic heterocycles. The highest BCUT2D eigenvalue weighted by atomic mass is 19.3. The first kappa shape index (κ1) is 22.4. The molecule has 0 unspecified atom stereocenters. The van der Waals surface area contributed by atoms with Gasteiger partial charge in [0.2, 0.25) is 11.8 Å². The molecular weight excluding hydrogens is 390 g/mol. The predicted octanol–water partition coefficient (Wildman–Crippen LogP) is 4.39. The Balaban J connectivity index is 1.79. The van der Waals surface area contributed by atoms with Crippen molar-refractivity contribution in [1.29, 1.82) is 0 Å². The summed E-state index contributed by atoms with van der Waals surface area (Å²) < 4.78 is 38.3. The molecule has 3 rings (SSSR count). The zero-order valence-electron chi connectivity index (χ0n) is 17.6. The number of methoxy groups -OCH3 is 1. The van der Waals surface area contributed by atoms with Crippen LogP contribution in [-0.4, -0.2) is 54.8 Å². The number of aliphatic hydroxyl groups excluding tert-OH is 1. The maximum Gasteiger partial charge on any atom is 0.248 e. The third-order valence-electron chi connectivity index (χ3n) is 5.57. The molecule has 1 N–H and O–H groups in total. The Labute approximate surface area is 176 Å². The van der Waals surface area contributed by atoms with E-state index in [9.17, 15) is 13.9 Å². The Morgan fingerprint density at radius 1 is 1.23 bits per heavy atom. The third-order valence-corrected chi connectivity index (χ3v) is 5.57. The molecule has 7 heteroatoms. The number of nitrogens with zero attached hydrogens (tertiary/aromatic N) is 2. The van der Waals surface area contributed by atoms with Gasteiger partial charge >= 0.3 is 0 Å². The maximum atomic E-state index is 13.4. The fourth-order valence-electron chi connectivity index (χ4n) is 3.80. The number of likely N-dealkylation sites (N-methyl/N-ethyl adjacent to an activating group) is 1. The van der Waals surface area contributed by atoms with Crippen molar-refractivity contribution in [2.45, 2.75) is 38.2 Å². The van der Waals surface area contributed by atoms with Gasteiger partial charge in [-0.15, -0.1) is 0 Å². The van der Waals surface area contributed by atoms with Gasteiger partial charge in [0.15, 0.2) is 0 Å². The number of hydrogen-bond acceptors (Lipinski definition) is 5. The Hall–Kier alpha value is -2.25. The minimum atomic E-state index is -2.53. The number of aliphatic hydroxyl groups is 1. The number of hydrogen-bond donors (Lipinski definition) is 1. The van der Waals surface area contributed by atoms with E-state index in [1.54, 1.807) is 13.3 Å². The van der Waals surface area contributed by atoms with Gasteiger partial charge in [-0.25, -0.2) is 13.8 Å². The van der Waals surface area contributed by atoms with Crippen LogP contribution < -0.4 is 9.47 Å². The second-order valence-electron chi connectivity index (χ2n) is 7.95. The fraction of sp³-hybridized carbons (Fsp3) is 0.522. The van der Waals surface area contributed by atoms with E-state index >= 15 is 0 Å². The zero-order chi connectivity index (χ0) is 21.6. The van der Waals surface area contributed by atoms with Crippen molar-refractivity contribution in [1.82, 2.24) is 9.88 Å². The summed E-state index contributed by atoms with van der Waals surface area (Å²) in [6, 6.07) is 9.72. The Morgan fingerprint density at radius 3 is 2.70 bits per heavy atom. The fourth-order valence-corrected chi connectivity index (χ4v) is 3.80. The summed E-state index contributed by atoms with van der Waals surface area (Å²) in [6.45, 7) is 1.63. The van der Waals surface area contributed by atoms with Crippen LogP contribution in [0.1, 0.15) is 31.2 Å². The van der Waals surface area contributed by atoms with Gasteiger partial charge in [0.25, 0.3) is 0 Å². The summed E-state index contributed by atoms with van der Waals surface area (Å²) >= 11 is 0. The van der Waals surface area contributed by atoms with E-state index in [0.717, 1.165) is 22.4 Å². The van der Waals surface area contributed by atoms with E-state index in [1.165, 1.54) is 0 Å².